The van der Waals surface area contributed by atoms with E-state index in [0.717, 1.165) is 12.8 Å². The Bertz CT molecular complexity index is 99.7. The molecule has 0 aliphatic carbocycles. The van der Waals surface area contributed by atoms with Crippen molar-refractivity contribution >= 4 is 23.4 Å². The lowest BCUT2D eigenvalue weighted by Gasteiger charge is -2.04. The van der Waals surface area contributed by atoms with Crippen LogP contribution < -0.4 is 0 Å². The van der Waals surface area contributed by atoms with Gasteiger partial charge in [0.1, 0.15) is 5.40 Å². The zero-order valence-electron chi connectivity index (χ0n) is 5.43. The molecule has 0 aromatic rings. The van der Waals surface area contributed by atoms with Crippen LogP contribution >= 0.6 is 23.4 Å². The average molecular weight is 164 g/mol. The molecule has 0 bridgehead atoms. The maximum atomic E-state index is 8.26. The summed E-state index contributed by atoms with van der Waals surface area (Å²) in [4.78, 5) is 0. The molecule has 0 unspecified atom stereocenters. The van der Waals surface area contributed by atoms with Crippen molar-refractivity contribution in [2.45, 2.75) is 25.0 Å². The highest BCUT2D eigenvalue weighted by Crippen LogP contribution is 2.16. The molecule has 0 saturated heterocycles. The summed E-state index contributed by atoms with van der Waals surface area (Å²) in [6.07, 6.45) is 1.97. The van der Waals surface area contributed by atoms with Gasteiger partial charge < -0.3 is 0 Å². The zero-order valence-corrected chi connectivity index (χ0v) is 7.00. The number of thiocyanates is 1. The van der Waals surface area contributed by atoms with Crippen molar-refractivity contribution in [3.05, 3.63) is 0 Å². The Labute approximate surface area is 65.4 Å². The number of halogens is 1. The number of alkyl halides is 1. The first-order chi connectivity index (χ1) is 4.35. The molecular weight excluding hydrogens is 154 g/mol. The Morgan fingerprint density at radius 2 is 2.44 bits per heavy atom. The molecule has 0 saturated carbocycles. The van der Waals surface area contributed by atoms with Crippen LogP contribution in [0.1, 0.15) is 19.8 Å². The molecule has 0 heterocycles. The van der Waals surface area contributed by atoms with E-state index >= 15 is 0 Å². The summed E-state index contributed by atoms with van der Waals surface area (Å²) in [7, 11) is 0. The van der Waals surface area contributed by atoms with Gasteiger partial charge in [-0.2, -0.15) is 5.26 Å². The summed E-state index contributed by atoms with van der Waals surface area (Å²) in [6, 6.07) is 0. The molecule has 0 aromatic carbocycles. The first kappa shape index (κ1) is 9.13. The molecule has 3 heteroatoms. The minimum Gasteiger partial charge on any atom is -0.185 e. The smallest absolute Gasteiger partial charge is 0.133 e. The van der Waals surface area contributed by atoms with Crippen molar-refractivity contribution in [1.29, 1.82) is 5.26 Å². The maximum Gasteiger partial charge on any atom is 0.133 e. The van der Waals surface area contributed by atoms with Crippen LogP contribution in [0.2, 0.25) is 0 Å². The topological polar surface area (TPSA) is 23.8 Å². The first-order valence-corrected chi connectivity index (χ1v) is 4.37. The van der Waals surface area contributed by atoms with Crippen LogP contribution in [-0.4, -0.2) is 11.1 Å². The molecule has 0 aliphatic heterocycles. The molecular formula is C6H10ClNS. The van der Waals surface area contributed by atoms with Gasteiger partial charge in [-0.15, -0.1) is 11.6 Å². The number of nitrogens with zero attached hydrogens (tertiary/aromatic N) is 1. The van der Waals surface area contributed by atoms with Crippen molar-refractivity contribution in [2.24, 2.45) is 0 Å². The van der Waals surface area contributed by atoms with Gasteiger partial charge >= 0.3 is 0 Å². The second-order valence-electron chi connectivity index (χ2n) is 1.72. The molecule has 0 N–H and O–H groups in total. The molecule has 0 aliphatic rings. The summed E-state index contributed by atoms with van der Waals surface area (Å²) < 4.78 is 0. The number of rotatable bonds is 4. The summed E-state index contributed by atoms with van der Waals surface area (Å²) in [5.74, 6) is 0.660. The summed E-state index contributed by atoms with van der Waals surface area (Å²) in [5, 5.41) is 10.8. The Morgan fingerprint density at radius 1 is 1.78 bits per heavy atom. The van der Waals surface area contributed by atoms with Gasteiger partial charge in [0.15, 0.2) is 0 Å². The fourth-order valence-corrected chi connectivity index (χ4v) is 1.49. The van der Waals surface area contributed by atoms with Gasteiger partial charge in [-0.3, -0.25) is 0 Å². The number of hydrogen-bond donors (Lipinski definition) is 0. The van der Waals surface area contributed by atoms with Gasteiger partial charge in [-0.25, -0.2) is 0 Å². The standard InChI is InChI=1S/C6H10ClNS/c1-2-6(3-4-7)9-5-8/h6H,2-4H2,1H3/t6-/m0/s1. The maximum absolute atomic E-state index is 8.26. The Balaban J connectivity index is 3.32. The van der Waals surface area contributed by atoms with Crippen LogP contribution in [0.3, 0.4) is 0 Å². The van der Waals surface area contributed by atoms with E-state index in [9.17, 15) is 0 Å². The average Bonchev–Trinajstić information content (AvgIpc) is 1.88. The number of thioether (sulfide) groups is 1. The van der Waals surface area contributed by atoms with Crippen molar-refractivity contribution in [2.75, 3.05) is 5.88 Å². The minimum atomic E-state index is 0.437. The Morgan fingerprint density at radius 3 is 2.78 bits per heavy atom. The lowest BCUT2D eigenvalue weighted by atomic mass is 10.3. The van der Waals surface area contributed by atoms with E-state index in [4.69, 9.17) is 16.9 Å². The van der Waals surface area contributed by atoms with E-state index in [0.29, 0.717) is 11.1 Å². The van der Waals surface area contributed by atoms with Crippen LogP contribution in [-0.2, 0) is 0 Å². The van der Waals surface area contributed by atoms with E-state index in [1.165, 1.54) is 11.8 Å². The fraction of sp³-hybridized carbons (Fsp3) is 0.833. The van der Waals surface area contributed by atoms with E-state index in [1.807, 2.05) is 0 Å². The summed E-state index contributed by atoms with van der Waals surface area (Å²) >= 11 is 6.81. The molecule has 0 radical (unpaired) electrons. The Hall–Kier alpha value is 0.130. The molecule has 9 heavy (non-hydrogen) atoms. The highest BCUT2D eigenvalue weighted by molar-refractivity contribution is 8.04. The largest absolute Gasteiger partial charge is 0.185 e. The first-order valence-electron chi connectivity index (χ1n) is 2.95. The minimum absolute atomic E-state index is 0.437. The van der Waals surface area contributed by atoms with Gasteiger partial charge in [0.05, 0.1) is 0 Å². The van der Waals surface area contributed by atoms with E-state index in [-0.39, 0.29) is 0 Å². The Kier molecular flexibility index (Phi) is 6.34. The second kappa shape index (κ2) is 6.25. The lowest BCUT2D eigenvalue weighted by molar-refractivity contribution is 0.800. The molecule has 1 nitrogen and oxygen atoms in total. The van der Waals surface area contributed by atoms with E-state index in [2.05, 4.69) is 12.3 Å². The molecule has 0 rings (SSSR count). The van der Waals surface area contributed by atoms with Gasteiger partial charge in [-0.05, 0) is 24.6 Å². The van der Waals surface area contributed by atoms with Gasteiger partial charge in [0.2, 0.25) is 0 Å². The highest BCUT2D eigenvalue weighted by atomic mass is 35.5. The third-order valence-corrected chi connectivity index (χ3v) is 2.33. The van der Waals surface area contributed by atoms with Gasteiger partial charge in [0, 0.05) is 11.1 Å². The SMILES string of the molecule is CC[C@@H](CCCl)SC#N. The van der Waals surface area contributed by atoms with Crippen LogP contribution in [0.5, 0.6) is 0 Å². The van der Waals surface area contributed by atoms with Crippen molar-refractivity contribution in [3.8, 4) is 5.40 Å². The molecule has 0 amide bonds. The van der Waals surface area contributed by atoms with Crippen molar-refractivity contribution in [3.63, 3.8) is 0 Å². The van der Waals surface area contributed by atoms with Gasteiger partial charge in [0.25, 0.3) is 0 Å². The second-order valence-corrected chi connectivity index (χ2v) is 3.18. The number of nitriles is 1. The van der Waals surface area contributed by atoms with Crippen LogP contribution in [0.25, 0.3) is 0 Å². The molecule has 0 aromatic heterocycles. The van der Waals surface area contributed by atoms with Crippen LogP contribution in [0.15, 0.2) is 0 Å². The van der Waals surface area contributed by atoms with Crippen molar-refractivity contribution < 1.29 is 0 Å². The highest BCUT2D eigenvalue weighted by Gasteiger charge is 2.03. The number of hydrogen-bond acceptors (Lipinski definition) is 2. The van der Waals surface area contributed by atoms with E-state index in [1.54, 1.807) is 0 Å². The zero-order chi connectivity index (χ0) is 7.11. The normalized spacial score (nSPS) is 12.6. The van der Waals surface area contributed by atoms with Crippen molar-refractivity contribution in [1.82, 2.24) is 0 Å². The molecule has 0 spiro atoms. The molecule has 0 fully saturated rings. The van der Waals surface area contributed by atoms with E-state index < -0.39 is 0 Å². The van der Waals surface area contributed by atoms with Crippen LogP contribution in [0.4, 0.5) is 0 Å². The monoisotopic (exact) mass is 163 g/mol. The summed E-state index contributed by atoms with van der Waals surface area (Å²) in [6.45, 7) is 2.07. The molecule has 1 atom stereocenters. The predicted octanol–water partition coefficient (Wildman–Crippen LogP) is 2.61. The van der Waals surface area contributed by atoms with Gasteiger partial charge in [-0.1, -0.05) is 6.92 Å². The molecule has 52 valence electrons. The summed E-state index contributed by atoms with van der Waals surface area (Å²) in [5.41, 5.74) is 0. The third kappa shape index (κ3) is 4.62. The lowest BCUT2D eigenvalue weighted by Crippen LogP contribution is -1.99. The fourth-order valence-electron chi connectivity index (χ4n) is 0.543. The quantitative estimate of drug-likeness (QED) is 0.470. The van der Waals surface area contributed by atoms with Crippen LogP contribution in [0, 0.1) is 10.7 Å². The predicted molar refractivity (Wildman–Crippen MR) is 42.6 cm³/mol. The third-order valence-electron chi connectivity index (χ3n) is 1.11.